The highest BCUT2D eigenvalue weighted by Gasteiger charge is 2.19. The van der Waals surface area contributed by atoms with Crippen LogP contribution in [0.4, 0.5) is 0 Å². The van der Waals surface area contributed by atoms with Gasteiger partial charge in [-0.15, -0.1) is 11.8 Å². The maximum absolute atomic E-state index is 3.55. The highest BCUT2D eigenvalue weighted by atomic mass is 32.2. The van der Waals surface area contributed by atoms with Gasteiger partial charge in [0.05, 0.1) is 0 Å². The van der Waals surface area contributed by atoms with Gasteiger partial charge >= 0.3 is 0 Å². The molecule has 0 saturated heterocycles. The van der Waals surface area contributed by atoms with Crippen molar-refractivity contribution in [2.24, 2.45) is 5.92 Å². The average molecular weight is 263 g/mol. The van der Waals surface area contributed by atoms with Crippen LogP contribution in [0.15, 0.2) is 29.2 Å². The van der Waals surface area contributed by atoms with Gasteiger partial charge in [-0.3, -0.25) is 0 Å². The second-order valence-electron chi connectivity index (χ2n) is 5.50. The third kappa shape index (κ3) is 5.03. The Labute approximate surface area is 116 Å². The molecule has 0 heterocycles. The predicted molar refractivity (Wildman–Crippen MR) is 81.1 cm³/mol. The lowest BCUT2D eigenvalue weighted by Gasteiger charge is -2.10. The van der Waals surface area contributed by atoms with Crippen molar-refractivity contribution in [1.29, 1.82) is 0 Å². The van der Waals surface area contributed by atoms with Gasteiger partial charge in [0.2, 0.25) is 0 Å². The number of thioether (sulfide) groups is 1. The van der Waals surface area contributed by atoms with E-state index in [9.17, 15) is 0 Å². The van der Waals surface area contributed by atoms with E-state index in [1.807, 2.05) is 11.8 Å². The highest BCUT2D eigenvalue weighted by molar-refractivity contribution is 7.99. The lowest BCUT2D eigenvalue weighted by atomic mass is 10.1. The first kappa shape index (κ1) is 14.0. The van der Waals surface area contributed by atoms with Gasteiger partial charge in [-0.1, -0.05) is 38.8 Å². The second-order valence-corrected chi connectivity index (χ2v) is 6.60. The van der Waals surface area contributed by atoms with Gasteiger partial charge in [-0.25, -0.2) is 0 Å². The van der Waals surface area contributed by atoms with Crippen molar-refractivity contribution in [2.45, 2.75) is 57.0 Å². The zero-order valence-electron chi connectivity index (χ0n) is 11.6. The van der Waals surface area contributed by atoms with E-state index in [4.69, 9.17) is 0 Å². The van der Waals surface area contributed by atoms with Gasteiger partial charge in [0.15, 0.2) is 0 Å². The Morgan fingerprint density at radius 3 is 2.61 bits per heavy atom. The molecule has 1 atom stereocenters. The summed E-state index contributed by atoms with van der Waals surface area (Å²) in [5.74, 6) is 2.07. The quantitative estimate of drug-likeness (QED) is 0.695. The van der Waals surface area contributed by atoms with Gasteiger partial charge in [0, 0.05) is 23.2 Å². The Kier molecular flexibility index (Phi) is 5.58. The molecule has 2 heteroatoms. The zero-order chi connectivity index (χ0) is 12.8. The van der Waals surface area contributed by atoms with Crippen LogP contribution in [0.1, 0.15) is 45.1 Å². The molecule has 1 saturated carbocycles. The van der Waals surface area contributed by atoms with Gasteiger partial charge in [-0.05, 0) is 36.5 Å². The van der Waals surface area contributed by atoms with E-state index in [0.717, 1.165) is 18.5 Å². The number of nitrogens with one attached hydrogen (secondary N) is 1. The van der Waals surface area contributed by atoms with E-state index in [0.29, 0.717) is 0 Å². The summed E-state index contributed by atoms with van der Waals surface area (Å²) in [6.45, 7) is 5.65. The monoisotopic (exact) mass is 263 g/mol. The van der Waals surface area contributed by atoms with E-state index < -0.39 is 0 Å². The molecule has 18 heavy (non-hydrogen) atoms. The first-order chi connectivity index (χ1) is 8.78. The third-order valence-corrected chi connectivity index (χ3v) is 4.75. The van der Waals surface area contributed by atoms with E-state index in [1.165, 1.54) is 41.9 Å². The molecule has 1 aliphatic rings. The maximum Gasteiger partial charge on any atom is 0.0208 e. The van der Waals surface area contributed by atoms with Crippen molar-refractivity contribution in [3.63, 3.8) is 0 Å². The predicted octanol–water partition coefficient (Wildman–Crippen LogP) is 4.47. The second kappa shape index (κ2) is 7.20. The zero-order valence-corrected chi connectivity index (χ0v) is 12.4. The van der Waals surface area contributed by atoms with Crippen LogP contribution in [0.3, 0.4) is 0 Å². The van der Waals surface area contributed by atoms with Crippen molar-refractivity contribution < 1.29 is 0 Å². The standard InChI is InChI=1S/C16H25NS/c1-3-4-13(2)12-18-16-9-5-14(6-10-16)11-17-15-7-8-15/h5-6,9-10,13,15,17H,3-4,7-8,11-12H2,1-2H3. The van der Waals surface area contributed by atoms with Crippen molar-refractivity contribution >= 4 is 11.8 Å². The van der Waals surface area contributed by atoms with Crippen LogP contribution in [0.5, 0.6) is 0 Å². The molecule has 1 N–H and O–H groups in total. The van der Waals surface area contributed by atoms with Crippen LogP contribution in [0.25, 0.3) is 0 Å². The minimum absolute atomic E-state index is 0.800. The average Bonchev–Trinajstić information content (AvgIpc) is 3.19. The number of hydrogen-bond acceptors (Lipinski definition) is 2. The van der Waals surface area contributed by atoms with E-state index in [2.05, 4.69) is 43.4 Å². The highest BCUT2D eigenvalue weighted by Crippen LogP contribution is 2.23. The Morgan fingerprint density at radius 1 is 1.28 bits per heavy atom. The first-order valence-corrected chi connectivity index (χ1v) is 8.21. The smallest absolute Gasteiger partial charge is 0.0208 e. The summed E-state index contributed by atoms with van der Waals surface area (Å²) >= 11 is 1.99. The van der Waals surface area contributed by atoms with Crippen LogP contribution in [-0.2, 0) is 6.54 Å². The Bertz CT molecular complexity index is 343. The molecule has 0 aliphatic heterocycles. The lowest BCUT2D eigenvalue weighted by molar-refractivity contribution is 0.585. The molecule has 0 amide bonds. The van der Waals surface area contributed by atoms with Crippen molar-refractivity contribution in [3.8, 4) is 0 Å². The molecule has 1 aliphatic carbocycles. The molecule has 0 aromatic heterocycles. The minimum atomic E-state index is 0.800. The molecular weight excluding hydrogens is 238 g/mol. The molecule has 1 aromatic rings. The van der Waals surface area contributed by atoms with Crippen molar-refractivity contribution in [1.82, 2.24) is 5.32 Å². The van der Waals surface area contributed by atoms with E-state index >= 15 is 0 Å². The van der Waals surface area contributed by atoms with Crippen LogP contribution in [-0.4, -0.2) is 11.8 Å². The molecule has 0 bridgehead atoms. The summed E-state index contributed by atoms with van der Waals surface area (Å²) < 4.78 is 0. The number of hydrogen-bond donors (Lipinski definition) is 1. The van der Waals surface area contributed by atoms with Gasteiger partial charge < -0.3 is 5.32 Å². The van der Waals surface area contributed by atoms with Crippen LogP contribution in [0, 0.1) is 5.92 Å². The van der Waals surface area contributed by atoms with Gasteiger partial charge in [0.25, 0.3) is 0 Å². The van der Waals surface area contributed by atoms with Crippen molar-refractivity contribution in [3.05, 3.63) is 29.8 Å². The van der Waals surface area contributed by atoms with E-state index in [1.54, 1.807) is 0 Å². The Balaban J connectivity index is 1.72. The summed E-state index contributed by atoms with van der Waals surface area (Å²) in [5, 5.41) is 3.55. The SMILES string of the molecule is CCCC(C)CSc1ccc(CNC2CC2)cc1. The third-order valence-electron chi connectivity index (χ3n) is 3.41. The summed E-state index contributed by atoms with van der Waals surface area (Å²) in [4.78, 5) is 1.41. The fraction of sp³-hybridized carbons (Fsp3) is 0.625. The minimum Gasteiger partial charge on any atom is -0.310 e. The van der Waals surface area contributed by atoms with Gasteiger partial charge in [0.1, 0.15) is 0 Å². The number of rotatable bonds is 8. The molecule has 2 rings (SSSR count). The summed E-state index contributed by atoms with van der Waals surface area (Å²) in [6.07, 6.45) is 5.37. The fourth-order valence-electron chi connectivity index (χ4n) is 2.07. The van der Waals surface area contributed by atoms with Gasteiger partial charge in [-0.2, -0.15) is 0 Å². The maximum atomic E-state index is 3.55. The largest absolute Gasteiger partial charge is 0.310 e. The fourth-order valence-corrected chi connectivity index (χ4v) is 3.04. The Morgan fingerprint density at radius 2 is 2.00 bits per heavy atom. The normalized spacial score (nSPS) is 16.8. The molecule has 1 nitrogen and oxygen atoms in total. The van der Waals surface area contributed by atoms with Crippen LogP contribution in [0.2, 0.25) is 0 Å². The molecule has 1 fully saturated rings. The molecule has 0 spiro atoms. The topological polar surface area (TPSA) is 12.0 Å². The Hall–Kier alpha value is -0.470. The summed E-state index contributed by atoms with van der Waals surface area (Å²) in [7, 11) is 0. The van der Waals surface area contributed by atoms with Crippen LogP contribution < -0.4 is 5.32 Å². The molecule has 100 valence electrons. The molecule has 0 radical (unpaired) electrons. The number of benzene rings is 1. The molecule has 1 unspecified atom stereocenters. The van der Waals surface area contributed by atoms with Crippen molar-refractivity contribution in [2.75, 3.05) is 5.75 Å². The van der Waals surface area contributed by atoms with E-state index in [-0.39, 0.29) is 0 Å². The summed E-state index contributed by atoms with van der Waals surface area (Å²) in [5.41, 5.74) is 1.41. The lowest BCUT2D eigenvalue weighted by Crippen LogP contribution is -2.14. The first-order valence-electron chi connectivity index (χ1n) is 7.23. The molecule has 1 aromatic carbocycles. The van der Waals surface area contributed by atoms with Crippen LogP contribution >= 0.6 is 11.8 Å². The molecular formula is C16H25NS. The summed E-state index contributed by atoms with van der Waals surface area (Å²) in [6, 6.07) is 9.87.